The van der Waals surface area contributed by atoms with Crippen LogP contribution in [-0.2, 0) is 26.2 Å². The van der Waals surface area contributed by atoms with E-state index in [1.807, 2.05) is 6.92 Å². The number of hydrogen-bond donors (Lipinski definition) is 1. The summed E-state index contributed by atoms with van der Waals surface area (Å²) in [7, 11) is -0.711. The van der Waals surface area contributed by atoms with Gasteiger partial charge in [0.15, 0.2) is 0 Å². The van der Waals surface area contributed by atoms with E-state index in [0.717, 1.165) is 16.1 Å². The van der Waals surface area contributed by atoms with Crippen molar-refractivity contribution in [3.8, 4) is 11.5 Å². The van der Waals surface area contributed by atoms with Crippen LogP contribution in [0.3, 0.4) is 0 Å². The van der Waals surface area contributed by atoms with Gasteiger partial charge in [-0.2, -0.15) is 0 Å². The molecule has 0 saturated heterocycles. The molecule has 0 spiro atoms. The first-order valence-corrected chi connectivity index (χ1v) is 12.8. The van der Waals surface area contributed by atoms with Gasteiger partial charge in [0.1, 0.15) is 24.1 Å². The molecule has 2 rings (SSSR count). The van der Waals surface area contributed by atoms with Crippen molar-refractivity contribution < 1.29 is 27.5 Å². The Labute approximate surface area is 201 Å². The van der Waals surface area contributed by atoms with E-state index < -0.39 is 28.5 Å². The van der Waals surface area contributed by atoms with E-state index in [4.69, 9.17) is 9.47 Å². The van der Waals surface area contributed by atoms with Gasteiger partial charge < -0.3 is 19.7 Å². The first kappa shape index (κ1) is 27.0. The molecular weight excluding hydrogens is 458 g/mol. The number of ether oxygens (including phenoxy) is 2. The van der Waals surface area contributed by atoms with Gasteiger partial charge in [-0.15, -0.1) is 0 Å². The maximum Gasteiger partial charge on any atom is 0.244 e. The highest BCUT2D eigenvalue weighted by molar-refractivity contribution is 7.92. The Balaban J connectivity index is 2.40. The molecular formula is C24H33N3O6S. The van der Waals surface area contributed by atoms with Gasteiger partial charge in [-0.25, -0.2) is 8.42 Å². The molecule has 0 aliphatic heterocycles. The predicted molar refractivity (Wildman–Crippen MR) is 131 cm³/mol. The smallest absolute Gasteiger partial charge is 0.244 e. The Hall–Kier alpha value is -3.27. The molecule has 0 aromatic heterocycles. The highest BCUT2D eigenvalue weighted by Gasteiger charge is 2.31. The lowest BCUT2D eigenvalue weighted by molar-refractivity contribution is -0.140. The quantitative estimate of drug-likeness (QED) is 0.489. The zero-order chi connectivity index (χ0) is 25.3. The molecule has 0 radical (unpaired) electrons. The lowest BCUT2D eigenvalue weighted by atomic mass is 10.1. The Kier molecular flexibility index (Phi) is 9.73. The number of sulfonamides is 1. The van der Waals surface area contributed by atoms with Crippen LogP contribution in [0.4, 0.5) is 5.69 Å². The maximum absolute atomic E-state index is 13.5. The summed E-state index contributed by atoms with van der Waals surface area (Å²) >= 11 is 0. The van der Waals surface area contributed by atoms with Gasteiger partial charge in [0.2, 0.25) is 21.8 Å². The molecule has 2 amide bonds. The number of amides is 2. The number of carbonyl (C=O) groups excluding carboxylic acids is 2. The number of carbonyl (C=O) groups is 2. The Morgan fingerprint density at radius 3 is 1.91 bits per heavy atom. The first-order valence-electron chi connectivity index (χ1n) is 11.0. The number of likely N-dealkylation sites (N-methyl/N-ethyl adjacent to an activating group) is 1. The molecule has 9 nitrogen and oxygen atoms in total. The van der Waals surface area contributed by atoms with Gasteiger partial charge in [0.25, 0.3) is 0 Å². The third kappa shape index (κ3) is 7.11. The molecule has 10 heteroatoms. The largest absolute Gasteiger partial charge is 0.497 e. The summed E-state index contributed by atoms with van der Waals surface area (Å²) in [4.78, 5) is 27.7. The van der Waals surface area contributed by atoms with E-state index in [-0.39, 0.29) is 12.5 Å². The van der Waals surface area contributed by atoms with Crippen LogP contribution in [0.1, 0.15) is 25.8 Å². The molecule has 1 N–H and O–H groups in total. The number of hydrogen-bond acceptors (Lipinski definition) is 6. The van der Waals surface area contributed by atoms with E-state index in [1.54, 1.807) is 62.6 Å². The predicted octanol–water partition coefficient (Wildman–Crippen LogP) is 2.41. The van der Waals surface area contributed by atoms with Crippen LogP contribution in [0.15, 0.2) is 48.5 Å². The fraction of sp³-hybridized carbons (Fsp3) is 0.417. The monoisotopic (exact) mass is 491 g/mol. The average Bonchev–Trinajstić information content (AvgIpc) is 2.82. The van der Waals surface area contributed by atoms with E-state index in [1.165, 1.54) is 12.0 Å². The van der Waals surface area contributed by atoms with Crippen molar-refractivity contribution in [1.29, 1.82) is 0 Å². The van der Waals surface area contributed by atoms with Crippen molar-refractivity contribution in [2.45, 2.75) is 32.9 Å². The zero-order valence-corrected chi connectivity index (χ0v) is 21.1. The molecule has 0 aliphatic rings. The Morgan fingerprint density at radius 2 is 1.47 bits per heavy atom. The Morgan fingerprint density at radius 1 is 0.941 bits per heavy atom. The molecule has 0 heterocycles. The minimum Gasteiger partial charge on any atom is -0.497 e. The minimum atomic E-state index is -3.78. The van der Waals surface area contributed by atoms with Crippen LogP contribution in [0.2, 0.25) is 0 Å². The van der Waals surface area contributed by atoms with Crippen molar-refractivity contribution in [1.82, 2.24) is 10.2 Å². The summed E-state index contributed by atoms with van der Waals surface area (Å²) < 4.78 is 36.5. The average molecular weight is 492 g/mol. The van der Waals surface area contributed by atoms with Crippen molar-refractivity contribution >= 4 is 27.5 Å². The lowest BCUT2D eigenvalue weighted by Gasteiger charge is -2.32. The number of methoxy groups -OCH3 is 2. The van der Waals surface area contributed by atoms with E-state index in [0.29, 0.717) is 30.2 Å². The summed E-state index contributed by atoms with van der Waals surface area (Å²) in [6.45, 7) is 3.72. The highest BCUT2D eigenvalue weighted by atomic mass is 32.2. The van der Waals surface area contributed by atoms with Crippen molar-refractivity contribution in [3.63, 3.8) is 0 Å². The Bertz CT molecular complexity index is 1060. The van der Waals surface area contributed by atoms with E-state index in [2.05, 4.69) is 5.32 Å². The SMILES string of the molecule is CCNC(=O)[C@@H](CC)N(Cc1ccc(OC)cc1)C(=O)CN(c1ccc(OC)cc1)S(C)(=O)=O. The summed E-state index contributed by atoms with van der Waals surface area (Å²) in [6.07, 6.45) is 1.41. The van der Waals surface area contributed by atoms with Crippen LogP contribution < -0.4 is 19.1 Å². The number of anilines is 1. The molecule has 0 aliphatic carbocycles. The molecule has 0 unspecified atom stereocenters. The molecule has 0 saturated carbocycles. The van der Waals surface area contributed by atoms with Gasteiger partial charge >= 0.3 is 0 Å². The van der Waals surface area contributed by atoms with E-state index >= 15 is 0 Å². The maximum atomic E-state index is 13.5. The zero-order valence-electron chi connectivity index (χ0n) is 20.3. The van der Waals surface area contributed by atoms with E-state index in [9.17, 15) is 18.0 Å². The molecule has 34 heavy (non-hydrogen) atoms. The van der Waals surface area contributed by atoms with Gasteiger partial charge in [-0.05, 0) is 55.3 Å². The van der Waals surface area contributed by atoms with Crippen molar-refractivity contribution in [2.24, 2.45) is 0 Å². The third-order valence-electron chi connectivity index (χ3n) is 5.29. The molecule has 0 bridgehead atoms. The number of benzene rings is 2. The van der Waals surface area contributed by atoms with Crippen molar-refractivity contribution in [3.05, 3.63) is 54.1 Å². The highest BCUT2D eigenvalue weighted by Crippen LogP contribution is 2.23. The first-order chi connectivity index (χ1) is 16.1. The van der Waals surface area contributed by atoms with Crippen LogP contribution in [0.25, 0.3) is 0 Å². The second-order valence-corrected chi connectivity index (χ2v) is 9.56. The normalized spacial score (nSPS) is 11.9. The molecule has 0 fully saturated rings. The van der Waals surface area contributed by atoms with Gasteiger partial charge in [0, 0.05) is 13.1 Å². The van der Waals surface area contributed by atoms with Gasteiger partial charge in [-0.1, -0.05) is 19.1 Å². The topological polar surface area (TPSA) is 105 Å². The van der Waals surface area contributed by atoms with Crippen LogP contribution in [0.5, 0.6) is 11.5 Å². The summed E-state index contributed by atoms with van der Waals surface area (Å²) in [5, 5.41) is 2.77. The fourth-order valence-electron chi connectivity index (χ4n) is 3.50. The number of rotatable bonds is 12. The van der Waals surface area contributed by atoms with Crippen LogP contribution in [0, 0.1) is 0 Å². The molecule has 186 valence electrons. The van der Waals surface area contributed by atoms with Crippen molar-refractivity contribution in [2.75, 3.05) is 37.9 Å². The molecule has 2 aromatic rings. The summed E-state index contributed by atoms with van der Waals surface area (Å²) in [5.41, 5.74) is 1.11. The van der Waals surface area contributed by atoms with Gasteiger partial charge in [0.05, 0.1) is 26.2 Å². The lowest BCUT2D eigenvalue weighted by Crippen LogP contribution is -2.52. The molecule has 1 atom stereocenters. The summed E-state index contributed by atoms with van der Waals surface area (Å²) in [5.74, 6) is 0.449. The standard InChI is InChI=1S/C24H33N3O6S/c1-6-22(24(29)25-7-2)26(16-18-8-12-20(32-3)13-9-18)23(28)17-27(34(5,30)31)19-10-14-21(33-4)15-11-19/h8-15,22H,6-7,16-17H2,1-5H3,(H,25,29)/t22-/m1/s1. The second kappa shape index (κ2) is 12.3. The third-order valence-corrected chi connectivity index (χ3v) is 6.43. The fourth-order valence-corrected chi connectivity index (χ4v) is 4.35. The number of nitrogens with one attached hydrogen (secondary N) is 1. The second-order valence-electron chi connectivity index (χ2n) is 7.66. The minimum absolute atomic E-state index is 0.138. The van der Waals surface area contributed by atoms with Gasteiger partial charge in [-0.3, -0.25) is 13.9 Å². The van der Waals surface area contributed by atoms with Crippen LogP contribution in [-0.4, -0.2) is 64.7 Å². The summed E-state index contributed by atoms with van der Waals surface area (Å²) in [6, 6.07) is 12.8. The molecule has 2 aromatic carbocycles. The van der Waals surface area contributed by atoms with Crippen LogP contribution >= 0.6 is 0 Å². The number of nitrogens with zero attached hydrogens (tertiary/aromatic N) is 2.